The molecule has 0 saturated carbocycles. The fourth-order valence-corrected chi connectivity index (χ4v) is 2.16. The topological polar surface area (TPSA) is 66.5 Å². The fourth-order valence-electron chi connectivity index (χ4n) is 2.16. The highest BCUT2D eigenvalue weighted by Crippen LogP contribution is 2.18. The van der Waals surface area contributed by atoms with E-state index >= 15 is 0 Å². The molecule has 0 atom stereocenters. The van der Waals surface area contributed by atoms with E-state index in [1.165, 1.54) is 6.07 Å². The molecule has 7 heteroatoms. The van der Waals surface area contributed by atoms with Crippen LogP contribution in [-0.4, -0.2) is 31.7 Å². The number of hydrogen-bond acceptors (Lipinski definition) is 4. The average Bonchev–Trinajstić information content (AvgIpc) is 2.60. The summed E-state index contributed by atoms with van der Waals surface area (Å²) in [6, 6.07) is 9.92. The molecular weight excluding hydrogens is 323 g/mol. The van der Waals surface area contributed by atoms with E-state index in [0.717, 1.165) is 11.5 Å². The number of urea groups is 1. The Labute approximate surface area is 147 Å². The number of rotatable bonds is 7. The van der Waals surface area contributed by atoms with Gasteiger partial charge < -0.3 is 20.3 Å². The zero-order valence-corrected chi connectivity index (χ0v) is 14.7. The smallest absolute Gasteiger partial charge is 0.315 e. The van der Waals surface area contributed by atoms with Crippen LogP contribution in [0.15, 0.2) is 36.4 Å². The Kier molecular flexibility index (Phi) is 6.56. The molecule has 0 saturated heterocycles. The van der Waals surface area contributed by atoms with E-state index in [4.69, 9.17) is 4.74 Å². The molecule has 1 heterocycles. The van der Waals surface area contributed by atoms with Crippen LogP contribution in [0.3, 0.4) is 0 Å². The quantitative estimate of drug-likeness (QED) is 0.809. The van der Waals surface area contributed by atoms with E-state index in [0.29, 0.717) is 18.7 Å². The maximum Gasteiger partial charge on any atom is 0.315 e. The number of amides is 2. The van der Waals surface area contributed by atoms with E-state index in [1.807, 2.05) is 37.2 Å². The standard InChI is InChI=1S/C18H23FN4O2/c1-4-25-16-9-8-13(10-15(16)19)11-20-18(24)21-12-14-6-5-7-17(22-14)23(2)3/h5-10H,4,11-12H2,1-3H3,(H2,20,21,24). The van der Waals surface area contributed by atoms with Crippen molar-refractivity contribution in [3.63, 3.8) is 0 Å². The summed E-state index contributed by atoms with van der Waals surface area (Å²) >= 11 is 0. The van der Waals surface area contributed by atoms with Gasteiger partial charge in [-0.2, -0.15) is 0 Å². The van der Waals surface area contributed by atoms with Crippen molar-refractivity contribution in [3.8, 4) is 5.75 Å². The number of nitrogens with zero attached hydrogens (tertiary/aromatic N) is 2. The number of ether oxygens (including phenoxy) is 1. The second-order valence-corrected chi connectivity index (χ2v) is 5.62. The molecular formula is C18H23FN4O2. The lowest BCUT2D eigenvalue weighted by atomic mass is 10.2. The molecule has 0 fully saturated rings. The van der Waals surface area contributed by atoms with Gasteiger partial charge in [0.15, 0.2) is 11.6 Å². The molecule has 0 bridgehead atoms. The first-order chi connectivity index (χ1) is 12.0. The third-order valence-corrected chi connectivity index (χ3v) is 3.43. The van der Waals surface area contributed by atoms with Gasteiger partial charge in [0.25, 0.3) is 0 Å². The van der Waals surface area contributed by atoms with Crippen LogP contribution in [0.5, 0.6) is 5.75 Å². The Morgan fingerprint density at radius 2 is 1.96 bits per heavy atom. The highest BCUT2D eigenvalue weighted by atomic mass is 19.1. The van der Waals surface area contributed by atoms with Gasteiger partial charge in [-0.05, 0) is 36.8 Å². The monoisotopic (exact) mass is 346 g/mol. The molecule has 0 aliphatic heterocycles. The van der Waals surface area contributed by atoms with Crippen molar-refractivity contribution in [1.82, 2.24) is 15.6 Å². The minimum atomic E-state index is -0.439. The van der Waals surface area contributed by atoms with Crippen molar-refractivity contribution in [1.29, 1.82) is 0 Å². The number of anilines is 1. The SMILES string of the molecule is CCOc1ccc(CNC(=O)NCc2cccc(N(C)C)n2)cc1F. The lowest BCUT2D eigenvalue weighted by molar-refractivity contribution is 0.240. The Hall–Kier alpha value is -2.83. The van der Waals surface area contributed by atoms with Gasteiger partial charge in [0.2, 0.25) is 0 Å². The molecule has 25 heavy (non-hydrogen) atoms. The van der Waals surface area contributed by atoms with Crippen LogP contribution >= 0.6 is 0 Å². The molecule has 6 nitrogen and oxygen atoms in total. The number of carbonyl (C=O) groups excluding carboxylic acids is 1. The Morgan fingerprint density at radius 3 is 2.64 bits per heavy atom. The number of halogens is 1. The van der Waals surface area contributed by atoms with Crippen LogP contribution in [0.25, 0.3) is 0 Å². The first-order valence-electron chi connectivity index (χ1n) is 8.05. The molecule has 0 aliphatic rings. The molecule has 2 amide bonds. The molecule has 1 aromatic heterocycles. The molecule has 2 aromatic rings. The zero-order valence-electron chi connectivity index (χ0n) is 14.7. The minimum Gasteiger partial charge on any atom is -0.491 e. The first-order valence-corrected chi connectivity index (χ1v) is 8.05. The number of carbonyl (C=O) groups is 1. The van der Waals surface area contributed by atoms with Gasteiger partial charge in [-0.3, -0.25) is 0 Å². The van der Waals surface area contributed by atoms with Crippen molar-refractivity contribution in [3.05, 3.63) is 53.5 Å². The normalized spacial score (nSPS) is 10.2. The van der Waals surface area contributed by atoms with Crippen molar-refractivity contribution < 1.29 is 13.9 Å². The number of benzene rings is 1. The van der Waals surface area contributed by atoms with E-state index in [2.05, 4.69) is 15.6 Å². The summed E-state index contributed by atoms with van der Waals surface area (Å²) in [6.07, 6.45) is 0. The van der Waals surface area contributed by atoms with E-state index in [9.17, 15) is 9.18 Å². The minimum absolute atomic E-state index is 0.211. The van der Waals surface area contributed by atoms with Crippen LogP contribution in [-0.2, 0) is 13.1 Å². The predicted octanol–water partition coefficient (Wildman–Crippen LogP) is 2.68. The second kappa shape index (κ2) is 8.86. The number of pyridine rings is 1. The summed E-state index contributed by atoms with van der Waals surface area (Å²) in [5, 5.41) is 5.42. The molecule has 0 unspecified atom stereocenters. The highest BCUT2D eigenvalue weighted by Gasteiger charge is 2.06. The van der Waals surface area contributed by atoms with Crippen LogP contribution in [0.1, 0.15) is 18.2 Å². The van der Waals surface area contributed by atoms with Gasteiger partial charge in [0.05, 0.1) is 18.8 Å². The fraction of sp³-hybridized carbons (Fsp3) is 0.333. The van der Waals surface area contributed by atoms with Gasteiger partial charge in [0, 0.05) is 20.6 Å². The number of hydrogen-bond donors (Lipinski definition) is 2. The number of aromatic nitrogens is 1. The highest BCUT2D eigenvalue weighted by molar-refractivity contribution is 5.73. The third-order valence-electron chi connectivity index (χ3n) is 3.43. The average molecular weight is 346 g/mol. The van der Waals surface area contributed by atoms with Crippen molar-refractivity contribution in [2.24, 2.45) is 0 Å². The molecule has 1 aromatic carbocycles. The Morgan fingerprint density at radius 1 is 1.20 bits per heavy atom. The van der Waals surface area contributed by atoms with Gasteiger partial charge in [-0.15, -0.1) is 0 Å². The summed E-state index contributed by atoms with van der Waals surface area (Å²) in [5.74, 6) is 0.596. The second-order valence-electron chi connectivity index (χ2n) is 5.62. The summed E-state index contributed by atoms with van der Waals surface area (Å²) in [6.45, 7) is 2.73. The lowest BCUT2D eigenvalue weighted by Crippen LogP contribution is -2.34. The number of nitrogens with one attached hydrogen (secondary N) is 2. The molecule has 0 aliphatic carbocycles. The van der Waals surface area contributed by atoms with E-state index in [-0.39, 0.29) is 18.3 Å². The molecule has 2 N–H and O–H groups in total. The van der Waals surface area contributed by atoms with E-state index < -0.39 is 5.82 Å². The van der Waals surface area contributed by atoms with E-state index in [1.54, 1.807) is 19.1 Å². The molecule has 134 valence electrons. The van der Waals surface area contributed by atoms with Gasteiger partial charge >= 0.3 is 6.03 Å². The summed E-state index contributed by atoms with van der Waals surface area (Å²) in [4.78, 5) is 18.2. The summed E-state index contributed by atoms with van der Waals surface area (Å²) < 4.78 is 18.9. The van der Waals surface area contributed by atoms with Gasteiger partial charge in [-0.1, -0.05) is 12.1 Å². The van der Waals surface area contributed by atoms with Crippen molar-refractivity contribution >= 4 is 11.8 Å². The van der Waals surface area contributed by atoms with Gasteiger partial charge in [0.1, 0.15) is 5.82 Å². The van der Waals surface area contributed by atoms with Gasteiger partial charge in [-0.25, -0.2) is 14.2 Å². The van der Waals surface area contributed by atoms with Crippen LogP contribution in [0, 0.1) is 5.82 Å². The Balaban J connectivity index is 1.83. The molecule has 2 rings (SSSR count). The van der Waals surface area contributed by atoms with Crippen LogP contribution < -0.4 is 20.3 Å². The van der Waals surface area contributed by atoms with Crippen molar-refractivity contribution in [2.75, 3.05) is 25.6 Å². The summed E-state index contributed by atoms with van der Waals surface area (Å²) in [5.41, 5.74) is 1.41. The summed E-state index contributed by atoms with van der Waals surface area (Å²) in [7, 11) is 3.81. The lowest BCUT2D eigenvalue weighted by Gasteiger charge is -2.13. The Bertz CT molecular complexity index is 722. The predicted molar refractivity (Wildman–Crippen MR) is 95.2 cm³/mol. The van der Waals surface area contributed by atoms with Crippen LogP contribution in [0.4, 0.5) is 15.0 Å². The zero-order chi connectivity index (χ0) is 18.2. The third kappa shape index (κ3) is 5.63. The maximum absolute atomic E-state index is 13.8. The van der Waals surface area contributed by atoms with Crippen LogP contribution in [0.2, 0.25) is 0 Å². The molecule has 0 radical (unpaired) electrons. The first kappa shape index (κ1) is 18.5. The largest absolute Gasteiger partial charge is 0.491 e. The molecule has 0 spiro atoms. The maximum atomic E-state index is 13.8. The van der Waals surface area contributed by atoms with Crippen molar-refractivity contribution in [2.45, 2.75) is 20.0 Å².